The number of rotatable bonds is 2. The van der Waals surface area contributed by atoms with Crippen LogP contribution in [0, 0.1) is 0 Å². The van der Waals surface area contributed by atoms with Gasteiger partial charge in [-0.2, -0.15) is 0 Å². The number of ether oxygens (including phenoxy) is 1. The molecule has 0 aliphatic carbocycles. The van der Waals surface area contributed by atoms with E-state index in [0.717, 1.165) is 7.11 Å². The molecule has 0 rings (SSSR count). The third kappa shape index (κ3) is 3.00. The van der Waals surface area contributed by atoms with Crippen molar-refractivity contribution in [2.45, 2.75) is 11.9 Å². The second-order valence-electron chi connectivity index (χ2n) is 1.93. The molecule has 0 fully saturated rings. The van der Waals surface area contributed by atoms with E-state index in [1.165, 1.54) is 0 Å². The molecule has 12 heavy (non-hydrogen) atoms. The van der Waals surface area contributed by atoms with Gasteiger partial charge in [-0.1, -0.05) is 0 Å². The van der Waals surface area contributed by atoms with Crippen LogP contribution in [0.2, 0.25) is 0 Å². The first-order valence-electron chi connectivity index (χ1n) is 2.49. The van der Waals surface area contributed by atoms with Gasteiger partial charge in [-0.15, -0.1) is 0 Å². The second kappa shape index (κ2) is 4.54. The first-order valence-corrected chi connectivity index (χ1v) is 3.90. The van der Waals surface area contributed by atoms with Crippen LogP contribution in [0.5, 0.6) is 0 Å². The molecule has 66 valence electrons. The van der Waals surface area contributed by atoms with E-state index in [2.05, 4.69) is 4.74 Å². The molecular weight excluding hydrogens is 199 g/mol. The Hall–Kier alpha value is 0.340. The summed E-state index contributed by atoms with van der Waals surface area (Å²) in [6.45, 7) is 0.557. The largest absolute Gasteiger partial charge is 1.00 e. The molecule has 0 heterocycles. The molecule has 8 heteroatoms. The Bertz CT molecular complexity index is 255. The fourth-order valence-electron chi connectivity index (χ4n) is 0.291. The molecule has 0 aromatic rings. The van der Waals surface area contributed by atoms with Crippen LogP contribution in [0.15, 0.2) is 0 Å². The predicted molar refractivity (Wildman–Crippen MR) is 32.3 cm³/mol. The SMILES string of the molecule is COC(=O)C(C)(O)S(=O)(=O)[O-].[Na+]. The van der Waals surface area contributed by atoms with Crippen LogP contribution in [-0.4, -0.2) is 36.1 Å². The summed E-state index contributed by atoms with van der Waals surface area (Å²) in [5.41, 5.74) is 0. The minimum absolute atomic E-state index is 0. The van der Waals surface area contributed by atoms with Gasteiger partial charge in [0, 0.05) is 0 Å². The van der Waals surface area contributed by atoms with E-state index in [1.54, 1.807) is 0 Å². The van der Waals surface area contributed by atoms with Gasteiger partial charge in [0.15, 0.2) is 0 Å². The van der Waals surface area contributed by atoms with Crippen LogP contribution in [-0.2, 0) is 19.6 Å². The zero-order chi connectivity index (χ0) is 9.28. The van der Waals surface area contributed by atoms with Crippen molar-refractivity contribution in [2.24, 2.45) is 0 Å². The summed E-state index contributed by atoms with van der Waals surface area (Å²) < 4.78 is 34.3. The number of hydrogen-bond acceptors (Lipinski definition) is 6. The number of carbonyl (C=O) groups is 1. The summed E-state index contributed by atoms with van der Waals surface area (Å²) >= 11 is 0. The fourth-order valence-corrected chi connectivity index (χ4v) is 0.579. The van der Waals surface area contributed by atoms with Crippen molar-refractivity contribution < 1.29 is 57.2 Å². The van der Waals surface area contributed by atoms with E-state index in [9.17, 15) is 17.8 Å². The van der Waals surface area contributed by atoms with E-state index in [0.29, 0.717) is 6.92 Å². The third-order valence-electron chi connectivity index (χ3n) is 1.05. The Morgan fingerprint density at radius 1 is 1.58 bits per heavy atom. The number of methoxy groups -OCH3 is 1. The van der Waals surface area contributed by atoms with Gasteiger partial charge in [0.05, 0.1) is 7.11 Å². The summed E-state index contributed by atoms with van der Waals surface area (Å²) in [5.74, 6) is -1.49. The molecule has 1 unspecified atom stereocenters. The summed E-state index contributed by atoms with van der Waals surface area (Å²) in [7, 11) is -4.22. The minimum Gasteiger partial charge on any atom is -0.745 e. The predicted octanol–water partition coefficient (Wildman–Crippen LogP) is -4.58. The summed E-state index contributed by atoms with van der Waals surface area (Å²) in [6.07, 6.45) is 0. The quantitative estimate of drug-likeness (QED) is 0.277. The van der Waals surface area contributed by atoms with Gasteiger partial charge in [0.2, 0.25) is 4.93 Å². The number of hydrogen-bond donors (Lipinski definition) is 1. The molecule has 6 nitrogen and oxygen atoms in total. The van der Waals surface area contributed by atoms with Crippen molar-refractivity contribution >= 4 is 16.1 Å². The topological polar surface area (TPSA) is 104 Å². The van der Waals surface area contributed by atoms with Crippen molar-refractivity contribution in [3.8, 4) is 0 Å². The van der Waals surface area contributed by atoms with Crippen molar-refractivity contribution in [1.82, 2.24) is 0 Å². The van der Waals surface area contributed by atoms with Gasteiger partial charge in [0.25, 0.3) is 0 Å². The van der Waals surface area contributed by atoms with E-state index >= 15 is 0 Å². The Labute approximate surface area is 91.9 Å². The molecule has 1 atom stereocenters. The molecule has 0 amide bonds. The maximum Gasteiger partial charge on any atom is 1.00 e. The van der Waals surface area contributed by atoms with E-state index < -0.39 is 21.0 Å². The third-order valence-corrected chi connectivity index (χ3v) is 2.19. The molecular formula is C4H7NaO6S. The van der Waals surface area contributed by atoms with Gasteiger partial charge in [0.1, 0.15) is 10.1 Å². The number of aliphatic hydroxyl groups is 1. The molecule has 1 N–H and O–H groups in total. The maximum atomic E-state index is 10.4. The standard InChI is InChI=1S/C4H8O6S.Na/c1-4(6,3(5)10-2)11(7,8)9;/h6H,1-2H3,(H,7,8,9);/q;+1/p-1. The normalized spacial score (nSPS) is 15.7. The molecule has 0 saturated carbocycles. The molecule has 0 radical (unpaired) electrons. The molecule has 0 aliphatic rings. The average Bonchev–Trinajstić information content (AvgIpc) is 1.83. The van der Waals surface area contributed by atoms with Gasteiger partial charge < -0.3 is 14.4 Å². The first kappa shape index (κ1) is 14.8. The van der Waals surface area contributed by atoms with Gasteiger partial charge in [-0.3, -0.25) is 0 Å². The van der Waals surface area contributed by atoms with Crippen LogP contribution in [0.4, 0.5) is 0 Å². The van der Waals surface area contributed by atoms with Crippen LogP contribution >= 0.6 is 0 Å². The maximum absolute atomic E-state index is 10.4. The Balaban J connectivity index is 0. The average molecular weight is 206 g/mol. The summed E-state index contributed by atoms with van der Waals surface area (Å²) in [6, 6.07) is 0. The summed E-state index contributed by atoms with van der Waals surface area (Å²) in [4.78, 5) is 7.43. The van der Waals surface area contributed by atoms with Crippen molar-refractivity contribution in [2.75, 3.05) is 7.11 Å². The molecule has 0 aromatic carbocycles. The van der Waals surface area contributed by atoms with Crippen LogP contribution in [0.3, 0.4) is 0 Å². The zero-order valence-electron chi connectivity index (χ0n) is 6.90. The van der Waals surface area contributed by atoms with Crippen molar-refractivity contribution in [3.63, 3.8) is 0 Å². The minimum atomic E-state index is -5.08. The van der Waals surface area contributed by atoms with Crippen LogP contribution in [0.1, 0.15) is 6.92 Å². The molecule has 0 spiro atoms. The molecule has 0 aromatic heterocycles. The second-order valence-corrected chi connectivity index (χ2v) is 3.63. The zero-order valence-corrected chi connectivity index (χ0v) is 9.71. The summed E-state index contributed by atoms with van der Waals surface area (Å²) in [5, 5.41) is 8.74. The van der Waals surface area contributed by atoms with Gasteiger partial charge >= 0.3 is 35.5 Å². The van der Waals surface area contributed by atoms with Crippen LogP contribution < -0.4 is 29.6 Å². The van der Waals surface area contributed by atoms with Crippen LogP contribution in [0.25, 0.3) is 0 Å². The fraction of sp³-hybridized carbons (Fsp3) is 0.750. The van der Waals surface area contributed by atoms with E-state index in [4.69, 9.17) is 5.11 Å². The van der Waals surface area contributed by atoms with E-state index in [1.807, 2.05) is 0 Å². The number of carbonyl (C=O) groups excluding carboxylic acids is 1. The van der Waals surface area contributed by atoms with E-state index in [-0.39, 0.29) is 29.6 Å². The molecule has 0 bridgehead atoms. The Morgan fingerprint density at radius 3 is 2.00 bits per heavy atom. The van der Waals surface area contributed by atoms with Crippen molar-refractivity contribution in [1.29, 1.82) is 0 Å². The van der Waals surface area contributed by atoms with Gasteiger partial charge in [-0.25, -0.2) is 13.2 Å². The first-order chi connectivity index (χ1) is 4.73. The van der Waals surface area contributed by atoms with Crippen molar-refractivity contribution in [3.05, 3.63) is 0 Å². The van der Waals surface area contributed by atoms with Gasteiger partial charge in [-0.05, 0) is 6.92 Å². The number of esters is 1. The Kier molecular flexibility index (Phi) is 5.62. The molecule has 0 aliphatic heterocycles. The smallest absolute Gasteiger partial charge is 0.745 e. The molecule has 0 saturated heterocycles. The monoisotopic (exact) mass is 206 g/mol. The Morgan fingerprint density at radius 2 is 1.92 bits per heavy atom.